The van der Waals surface area contributed by atoms with Crippen LogP contribution in [-0.2, 0) is 14.4 Å². The quantitative estimate of drug-likeness (QED) is 0.244. The predicted octanol–water partition coefficient (Wildman–Crippen LogP) is -1.50. The fourth-order valence-electron chi connectivity index (χ4n) is 1.41. The number of carbonyl (C=O) groups excluding carboxylic acids is 3. The molecular formula is C11H23ClN4O3S3. The van der Waals surface area contributed by atoms with E-state index in [2.05, 4.69) is 59.2 Å². The summed E-state index contributed by atoms with van der Waals surface area (Å²) in [5.41, 5.74) is 0. The summed E-state index contributed by atoms with van der Waals surface area (Å²) in [6.45, 7) is 0. The van der Waals surface area contributed by atoms with Crippen molar-refractivity contribution in [1.29, 1.82) is 0 Å². The highest BCUT2D eigenvalue weighted by molar-refractivity contribution is 7.80. The molecule has 0 rings (SSSR count). The third-order valence-electron chi connectivity index (χ3n) is 2.73. The number of halogens is 1. The van der Waals surface area contributed by atoms with E-state index in [1.54, 1.807) is 7.05 Å². The highest BCUT2D eigenvalue weighted by Crippen LogP contribution is 1.96. The molecule has 3 amide bonds. The number of hydrogen-bond acceptors (Lipinski definition) is 7. The molecule has 22 heavy (non-hydrogen) atoms. The zero-order valence-corrected chi connectivity index (χ0v) is 15.8. The van der Waals surface area contributed by atoms with Crippen molar-refractivity contribution in [3.8, 4) is 0 Å². The van der Waals surface area contributed by atoms with Gasteiger partial charge >= 0.3 is 0 Å². The van der Waals surface area contributed by atoms with Crippen molar-refractivity contribution >= 4 is 68.0 Å². The summed E-state index contributed by atoms with van der Waals surface area (Å²) >= 11 is 12.1. The third kappa shape index (κ3) is 7.82. The molecule has 0 aliphatic rings. The minimum atomic E-state index is -0.844. The Balaban J connectivity index is 0. The van der Waals surface area contributed by atoms with Crippen LogP contribution < -0.4 is 21.3 Å². The smallest absolute Gasteiger partial charge is 0.244 e. The summed E-state index contributed by atoms with van der Waals surface area (Å²) in [5.74, 6) is -0.659. The van der Waals surface area contributed by atoms with Gasteiger partial charge in [-0.05, 0) is 7.05 Å². The monoisotopic (exact) mass is 390 g/mol. The molecule has 130 valence electrons. The molecule has 0 spiro atoms. The molecule has 11 heteroatoms. The van der Waals surface area contributed by atoms with Gasteiger partial charge in [0.25, 0.3) is 0 Å². The van der Waals surface area contributed by atoms with Gasteiger partial charge in [0.2, 0.25) is 17.7 Å². The lowest BCUT2D eigenvalue weighted by Gasteiger charge is -2.22. The zero-order chi connectivity index (χ0) is 16.4. The van der Waals surface area contributed by atoms with Crippen molar-refractivity contribution in [2.45, 2.75) is 18.1 Å². The second kappa shape index (κ2) is 13.2. The number of likely N-dealkylation sites (N-methyl/N-ethyl adjacent to an activating group) is 2. The van der Waals surface area contributed by atoms with Gasteiger partial charge in [-0.3, -0.25) is 14.4 Å². The molecule has 3 atom stereocenters. The van der Waals surface area contributed by atoms with Crippen molar-refractivity contribution in [3.05, 3.63) is 0 Å². The summed E-state index contributed by atoms with van der Waals surface area (Å²) in [6, 6.07) is -2.12. The first-order valence-corrected chi connectivity index (χ1v) is 8.17. The number of thiol groups is 3. The van der Waals surface area contributed by atoms with E-state index in [9.17, 15) is 14.4 Å². The van der Waals surface area contributed by atoms with E-state index in [4.69, 9.17) is 0 Å². The minimum absolute atomic E-state index is 0. The molecule has 0 saturated carbocycles. The lowest BCUT2D eigenvalue weighted by atomic mass is 10.2. The number of rotatable bonds is 9. The molecule has 3 unspecified atom stereocenters. The van der Waals surface area contributed by atoms with E-state index >= 15 is 0 Å². The SMILES string of the molecule is CNC(=O)C(CS)NC(=O)C(CS)NC(=O)C(CS)NC.Cl. The maximum absolute atomic E-state index is 12.1. The Hall–Kier alpha value is -0.290. The van der Waals surface area contributed by atoms with Gasteiger partial charge < -0.3 is 21.3 Å². The summed E-state index contributed by atoms with van der Waals surface area (Å²) in [5, 5.41) is 10.3. The average molecular weight is 391 g/mol. The van der Waals surface area contributed by atoms with E-state index in [0.29, 0.717) is 5.75 Å². The molecule has 4 N–H and O–H groups in total. The van der Waals surface area contributed by atoms with E-state index < -0.39 is 24.0 Å². The van der Waals surface area contributed by atoms with Crippen LogP contribution in [0.3, 0.4) is 0 Å². The van der Waals surface area contributed by atoms with Crippen LogP contribution in [0, 0.1) is 0 Å². The first kappa shape index (κ1) is 24.0. The van der Waals surface area contributed by atoms with Crippen LogP contribution in [0.4, 0.5) is 0 Å². The Bertz CT molecular complexity index is 372. The average Bonchev–Trinajstić information content (AvgIpc) is 2.50. The van der Waals surface area contributed by atoms with Gasteiger partial charge in [0.15, 0.2) is 0 Å². The Kier molecular flexibility index (Phi) is 14.4. The Morgan fingerprint density at radius 3 is 1.45 bits per heavy atom. The molecule has 0 radical (unpaired) electrons. The summed E-state index contributed by atoms with van der Waals surface area (Å²) in [4.78, 5) is 35.5. The highest BCUT2D eigenvalue weighted by atomic mass is 35.5. The molecule has 0 aliphatic carbocycles. The molecule has 0 aromatic rings. The van der Waals surface area contributed by atoms with Crippen molar-refractivity contribution in [2.24, 2.45) is 0 Å². The van der Waals surface area contributed by atoms with Gasteiger partial charge in [-0.25, -0.2) is 0 Å². The van der Waals surface area contributed by atoms with Crippen LogP contribution in [-0.4, -0.2) is 67.2 Å². The van der Waals surface area contributed by atoms with E-state index in [1.807, 2.05) is 0 Å². The Labute approximate surface area is 153 Å². The standard InChI is InChI=1S/C11H22N4O3S3.ClH/c1-12-6(3-19)10(17)15-8(5-21)11(18)14-7(4-20)9(16)13-2;/h6-8,12,19-21H,3-5H2,1-2H3,(H,13,16)(H,14,18)(H,15,17);1H. The van der Waals surface area contributed by atoms with Gasteiger partial charge in [-0.15, -0.1) is 12.4 Å². The number of carbonyl (C=O) groups is 3. The van der Waals surface area contributed by atoms with Crippen LogP contribution in [0.15, 0.2) is 0 Å². The second-order valence-electron chi connectivity index (χ2n) is 4.13. The van der Waals surface area contributed by atoms with Crippen LogP contribution in [0.25, 0.3) is 0 Å². The molecule has 0 aromatic carbocycles. The number of amides is 3. The number of nitrogens with one attached hydrogen (secondary N) is 4. The first-order chi connectivity index (χ1) is 9.94. The molecule has 0 aliphatic heterocycles. The summed E-state index contributed by atoms with van der Waals surface area (Å²) < 4.78 is 0. The van der Waals surface area contributed by atoms with Gasteiger partial charge in [0.1, 0.15) is 12.1 Å². The van der Waals surface area contributed by atoms with Gasteiger partial charge in [0, 0.05) is 24.3 Å². The van der Waals surface area contributed by atoms with Crippen molar-refractivity contribution in [1.82, 2.24) is 21.3 Å². The van der Waals surface area contributed by atoms with Crippen LogP contribution in [0.5, 0.6) is 0 Å². The topological polar surface area (TPSA) is 99.3 Å². The third-order valence-corrected chi connectivity index (χ3v) is 3.82. The van der Waals surface area contributed by atoms with Gasteiger partial charge in [-0.1, -0.05) is 0 Å². The van der Waals surface area contributed by atoms with E-state index in [1.165, 1.54) is 7.05 Å². The summed E-state index contributed by atoms with van der Waals surface area (Å²) in [7, 11) is 3.09. The van der Waals surface area contributed by atoms with Crippen molar-refractivity contribution in [2.75, 3.05) is 31.4 Å². The fraction of sp³-hybridized carbons (Fsp3) is 0.727. The largest absolute Gasteiger partial charge is 0.357 e. The molecule has 0 heterocycles. The van der Waals surface area contributed by atoms with Crippen molar-refractivity contribution < 1.29 is 14.4 Å². The van der Waals surface area contributed by atoms with Crippen LogP contribution in [0.1, 0.15) is 0 Å². The molecule has 0 fully saturated rings. The van der Waals surface area contributed by atoms with Gasteiger partial charge in [-0.2, -0.15) is 37.9 Å². The normalized spacial score (nSPS) is 14.0. The minimum Gasteiger partial charge on any atom is -0.357 e. The molecule has 0 saturated heterocycles. The highest BCUT2D eigenvalue weighted by Gasteiger charge is 2.26. The van der Waals surface area contributed by atoms with E-state index in [0.717, 1.165) is 0 Å². The lowest BCUT2D eigenvalue weighted by molar-refractivity contribution is -0.131. The maximum Gasteiger partial charge on any atom is 0.244 e. The maximum atomic E-state index is 12.1. The molecule has 7 nitrogen and oxygen atoms in total. The first-order valence-electron chi connectivity index (χ1n) is 6.27. The fourth-order valence-corrected chi connectivity index (χ4v) is 2.27. The Morgan fingerprint density at radius 2 is 1.14 bits per heavy atom. The van der Waals surface area contributed by atoms with Gasteiger partial charge in [0.05, 0.1) is 6.04 Å². The summed E-state index contributed by atoms with van der Waals surface area (Å²) in [6.07, 6.45) is 0. The predicted molar refractivity (Wildman–Crippen MR) is 99.6 cm³/mol. The van der Waals surface area contributed by atoms with Crippen LogP contribution in [0.2, 0.25) is 0 Å². The molecule has 0 bridgehead atoms. The lowest BCUT2D eigenvalue weighted by Crippen LogP contribution is -2.57. The molecule has 0 aromatic heterocycles. The van der Waals surface area contributed by atoms with E-state index in [-0.39, 0.29) is 35.7 Å². The second-order valence-corrected chi connectivity index (χ2v) is 5.22. The Morgan fingerprint density at radius 1 is 0.773 bits per heavy atom. The number of hydrogen-bond donors (Lipinski definition) is 7. The zero-order valence-electron chi connectivity index (χ0n) is 12.3. The van der Waals surface area contributed by atoms with Crippen LogP contribution >= 0.6 is 50.3 Å². The van der Waals surface area contributed by atoms with Crippen molar-refractivity contribution in [3.63, 3.8) is 0 Å². The molecular weight excluding hydrogens is 368 g/mol.